The minimum Gasteiger partial charge on any atom is -0.486 e. The fourth-order valence-corrected chi connectivity index (χ4v) is 8.11. The quantitative estimate of drug-likeness (QED) is 0.107. The van der Waals surface area contributed by atoms with E-state index >= 15 is 0 Å². The van der Waals surface area contributed by atoms with Gasteiger partial charge in [-0.2, -0.15) is 0 Å². The van der Waals surface area contributed by atoms with Gasteiger partial charge in [0.25, 0.3) is 0 Å². The maximum Gasteiger partial charge on any atom is 0.216 e. The van der Waals surface area contributed by atoms with Gasteiger partial charge in [0.2, 0.25) is 5.71 Å². The Morgan fingerprint density at radius 1 is 0.857 bits per heavy atom. The van der Waals surface area contributed by atoms with Gasteiger partial charge in [0.15, 0.2) is 0 Å². The zero-order valence-electron chi connectivity index (χ0n) is 30.9. The second kappa shape index (κ2) is 16.1. The third-order valence-corrected chi connectivity index (χ3v) is 12.1. The van der Waals surface area contributed by atoms with Crippen molar-refractivity contribution in [1.29, 1.82) is 0 Å². The van der Waals surface area contributed by atoms with Gasteiger partial charge >= 0.3 is 0 Å². The Balaban J connectivity index is 0.000000216. The first-order valence-electron chi connectivity index (χ1n) is 17.5. The summed E-state index contributed by atoms with van der Waals surface area (Å²) in [6.07, 6.45) is 7.45. The average Bonchev–Trinajstić information content (AvgIpc) is 3.45. The molecule has 0 N–H and O–H groups in total. The standard InChI is InChI=1S/C22H32NSi.C21H19N2O.Ir/c1-8-22(4,9-2)17(3)19-15-20(18-13-11-10-12-14-18)23-16-21(19)24(5,6)7;1-13(2)11-15-9-10-22-19(12-15)18-6-4-5-16-17-8-7-14(3)23-21(17)24-20(16)18;/h10-13,15-17H,8-9H2,1-7H3;4-5,7-10,12-13H,11H2,1-3H3;/q2*-1;. The normalized spacial score (nSPS) is 12.5. The molecule has 1 atom stereocenters. The molecule has 0 saturated carbocycles. The van der Waals surface area contributed by atoms with E-state index in [2.05, 4.69) is 126 Å². The summed E-state index contributed by atoms with van der Waals surface area (Å²) in [7, 11) is -1.44. The van der Waals surface area contributed by atoms with Crippen LogP contribution in [0.4, 0.5) is 0 Å². The van der Waals surface area contributed by atoms with Crippen LogP contribution in [-0.2, 0) is 26.5 Å². The molecule has 0 fully saturated rings. The first kappa shape index (κ1) is 38.4. The maximum absolute atomic E-state index is 6.06. The second-order valence-corrected chi connectivity index (χ2v) is 20.0. The molecular formula is C43H51IrN3OSi-2. The molecule has 0 amide bonds. The molecule has 0 bridgehead atoms. The number of nitrogens with zero attached hydrogens (tertiary/aromatic N) is 3. The van der Waals surface area contributed by atoms with Gasteiger partial charge in [0.05, 0.1) is 13.7 Å². The van der Waals surface area contributed by atoms with Gasteiger partial charge < -0.3 is 14.4 Å². The van der Waals surface area contributed by atoms with Crippen LogP contribution in [0.2, 0.25) is 19.6 Å². The summed E-state index contributed by atoms with van der Waals surface area (Å²) >= 11 is 0. The summed E-state index contributed by atoms with van der Waals surface area (Å²) in [5, 5.41) is 3.59. The van der Waals surface area contributed by atoms with Gasteiger partial charge in [-0.3, -0.25) is 0 Å². The minimum atomic E-state index is -1.44. The van der Waals surface area contributed by atoms with Crippen molar-refractivity contribution in [2.75, 3.05) is 0 Å². The SMILES string of the molecule is CCC(C)(CC)C(C)c1cc(-c2[c-]cccc2)ncc1[Si](C)(C)C.Cc1ccc2c(n1)oc1c(-c3cc(CC(C)C)ccn3)[c-]ccc12.[Ir]. The Labute approximate surface area is 308 Å². The minimum absolute atomic E-state index is 0. The summed E-state index contributed by atoms with van der Waals surface area (Å²) in [4.78, 5) is 13.8. The van der Waals surface area contributed by atoms with Crippen molar-refractivity contribution in [3.05, 3.63) is 108 Å². The van der Waals surface area contributed by atoms with Crippen LogP contribution in [0, 0.1) is 30.4 Å². The van der Waals surface area contributed by atoms with E-state index in [-0.39, 0.29) is 20.1 Å². The molecule has 0 aliphatic carbocycles. The predicted octanol–water partition coefficient (Wildman–Crippen LogP) is 11.4. The molecule has 4 nitrogen and oxygen atoms in total. The monoisotopic (exact) mass is 846 g/mol. The van der Waals surface area contributed by atoms with Crippen molar-refractivity contribution < 1.29 is 24.5 Å². The van der Waals surface area contributed by atoms with Crippen molar-refractivity contribution in [2.24, 2.45) is 11.3 Å². The molecule has 1 unspecified atom stereocenters. The molecule has 0 saturated heterocycles. The van der Waals surface area contributed by atoms with Crippen molar-refractivity contribution in [1.82, 2.24) is 15.0 Å². The molecule has 259 valence electrons. The van der Waals surface area contributed by atoms with Crippen LogP contribution in [0.1, 0.15) is 77.1 Å². The molecule has 6 heteroatoms. The molecule has 6 rings (SSSR count). The molecule has 6 aromatic rings. The van der Waals surface area contributed by atoms with Crippen LogP contribution in [0.5, 0.6) is 0 Å². The van der Waals surface area contributed by atoms with E-state index in [0.29, 0.717) is 23.0 Å². The van der Waals surface area contributed by atoms with Crippen LogP contribution >= 0.6 is 0 Å². The number of aryl methyl sites for hydroxylation is 1. The Bertz CT molecular complexity index is 1990. The average molecular weight is 846 g/mol. The van der Waals surface area contributed by atoms with Gasteiger partial charge in [0, 0.05) is 43.6 Å². The number of fused-ring (bicyclic) bond motifs is 3. The Hall–Kier alpha value is -3.44. The molecule has 2 aromatic carbocycles. The van der Waals surface area contributed by atoms with Crippen molar-refractivity contribution in [2.45, 2.75) is 93.3 Å². The summed E-state index contributed by atoms with van der Waals surface area (Å²) < 4.78 is 6.06. The Kier molecular flexibility index (Phi) is 12.6. The van der Waals surface area contributed by atoms with Crippen LogP contribution in [0.3, 0.4) is 0 Å². The van der Waals surface area contributed by atoms with E-state index in [1.165, 1.54) is 29.2 Å². The number of rotatable bonds is 9. The maximum atomic E-state index is 6.06. The van der Waals surface area contributed by atoms with Crippen LogP contribution in [0.15, 0.2) is 83.5 Å². The summed E-state index contributed by atoms with van der Waals surface area (Å²) in [5.41, 5.74) is 9.47. The number of pyridine rings is 3. The first-order chi connectivity index (χ1) is 22.8. The van der Waals surface area contributed by atoms with Gasteiger partial charge in [0.1, 0.15) is 0 Å². The third-order valence-electron chi connectivity index (χ3n) is 10.0. The van der Waals surface area contributed by atoms with E-state index in [9.17, 15) is 0 Å². The summed E-state index contributed by atoms with van der Waals surface area (Å²) in [5.74, 6) is 1.14. The topological polar surface area (TPSA) is 51.8 Å². The Morgan fingerprint density at radius 3 is 2.27 bits per heavy atom. The third kappa shape index (κ3) is 8.66. The molecule has 0 spiro atoms. The number of furan rings is 1. The van der Waals surface area contributed by atoms with Gasteiger partial charge in [-0.25, -0.2) is 4.98 Å². The second-order valence-electron chi connectivity index (χ2n) is 14.9. The van der Waals surface area contributed by atoms with Gasteiger partial charge in [-0.15, -0.1) is 54.1 Å². The van der Waals surface area contributed by atoms with Gasteiger partial charge in [-0.05, 0) is 65.4 Å². The van der Waals surface area contributed by atoms with Crippen LogP contribution in [0.25, 0.3) is 44.6 Å². The fourth-order valence-electron chi connectivity index (χ4n) is 6.51. The zero-order chi connectivity index (χ0) is 34.6. The molecule has 4 aromatic heterocycles. The van der Waals surface area contributed by atoms with Crippen LogP contribution < -0.4 is 5.19 Å². The summed E-state index contributed by atoms with van der Waals surface area (Å²) in [6, 6.07) is 29.4. The molecule has 49 heavy (non-hydrogen) atoms. The van der Waals surface area contributed by atoms with E-state index < -0.39 is 8.07 Å². The molecule has 0 aliphatic rings. The molecular weight excluding hydrogens is 795 g/mol. The Morgan fingerprint density at radius 2 is 1.61 bits per heavy atom. The van der Waals surface area contributed by atoms with E-state index in [0.717, 1.165) is 51.0 Å². The zero-order valence-corrected chi connectivity index (χ0v) is 34.3. The van der Waals surface area contributed by atoms with Gasteiger partial charge in [-0.1, -0.05) is 108 Å². The van der Waals surface area contributed by atoms with Crippen LogP contribution in [-0.4, -0.2) is 23.0 Å². The largest absolute Gasteiger partial charge is 0.486 e. The molecule has 4 heterocycles. The number of hydrogen-bond donors (Lipinski definition) is 0. The van der Waals surface area contributed by atoms with Crippen molar-refractivity contribution in [3.63, 3.8) is 0 Å². The number of aromatic nitrogens is 3. The number of hydrogen-bond acceptors (Lipinski definition) is 4. The van der Waals surface area contributed by atoms with Crippen molar-refractivity contribution in [3.8, 4) is 22.5 Å². The predicted molar refractivity (Wildman–Crippen MR) is 205 cm³/mol. The van der Waals surface area contributed by atoms with E-state index in [1.54, 1.807) is 0 Å². The van der Waals surface area contributed by atoms with Crippen molar-refractivity contribution >= 4 is 35.3 Å². The number of benzene rings is 2. The molecule has 1 radical (unpaired) electrons. The molecule has 0 aliphatic heterocycles. The smallest absolute Gasteiger partial charge is 0.216 e. The van der Waals surface area contributed by atoms with E-state index in [1.807, 2.05) is 43.5 Å². The first-order valence-corrected chi connectivity index (χ1v) is 21.0. The summed E-state index contributed by atoms with van der Waals surface area (Å²) in [6.45, 7) is 23.2. The fraction of sp³-hybridized carbons (Fsp3) is 0.372. The van der Waals surface area contributed by atoms with E-state index in [4.69, 9.17) is 9.40 Å².